The van der Waals surface area contributed by atoms with Crippen LogP contribution >= 0.6 is 11.6 Å². The predicted molar refractivity (Wildman–Crippen MR) is 117 cm³/mol. The maximum absolute atomic E-state index is 12.2. The van der Waals surface area contributed by atoms with E-state index in [0.717, 1.165) is 49.5 Å². The summed E-state index contributed by atoms with van der Waals surface area (Å²) >= 11 is 6.08. The topological polar surface area (TPSA) is 71.3 Å². The molecule has 0 unspecified atom stereocenters. The molecule has 7 heteroatoms. The molecule has 0 spiro atoms. The van der Waals surface area contributed by atoms with Gasteiger partial charge in [0.2, 0.25) is 11.8 Å². The molecule has 1 aliphatic heterocycles. The van der Waals surface area contributed by atoms with Crippen LogP contribution in [0.2, 0.25) is 5.02 Å². The van der Waals surface area contributed by atoms with Crippen molar-refractivity contribution in [2.75, 3.05) is 13.1 Å². The second kappa shape index (κ2) is 10.2. The molecule has 1 N–H and O–H groups in total. The smallest absolute Gasteiger partial charge is 0.227 e. The molecule has 30 heavy (non-hydrogen) atoms. The van der Waals surface area contributed by atoms with Crippen LogP contribution in [0.1, 0.15) is 62.2 Å². The van der Waals surface area contributed by atoms with Gasteiger partial charge in [-0.3, -0.25) is 9.69 Å². The fraction of sp³-hybridized carbons (Fsp3) is 0.522. The molecular formula is C23H29ClN4O2. The molecule has 0 bridgehead atoms. The van der Waals surface area contributed by atoms with E-state index < -0.39 is 0 Å². The lowest BCUT2D eigenvalue weighted by Crippen LogP contribution is -2.36. The van der Waals surface area contributed by atoms with E-state index in [1.165, 1.54) is 24.8 Å². The van der Waals surface area contributed by atoms with Crippen LogP contribution in [0.15, 0.2) is 34.9 Å². The number of hydrogen-bond donors (Lipinski definition) is 1. The van der Waals surface area contributed by atoms with Crippen LogP contribution in [-0.2, 0) is 17.8 Å². The molecule has 160 valence electrons. The van der Waals surface area contributed by atoms with Crippen molar-refractivity contribution in [3.8, 4) is 0 Å². The van der Waals surface area contributed by atoms with E-state index in [1.54, 1.807) is 0 Å². The Kier molecular flexibility index (Phi) is 7.18. The number of aromatic nitrogens is 2. The Morgan fingerprint density at radius 2 is 2.13 bits per heavy atom. The number of halogens is 1. The van der Waals surface area contributed by atoms with E-state index in [2.05, 4.69) is 32.5 Å². The number of nitrogens with one attached hydrogen (secondary N) is 1. The zero-order chi connectivity index (χ0) is 20.8. The number of aryl methyl sites for hydroxylation is 1. The largest absolute Gasteiger partial charge is 0.353 e. The molecule has 1 fully saturated rings. The van der Waals surface area contributed by atoms with Crippen molar-refractivity contribution in [2.24, 2.45) is 0 Å². The van der Waals surface area contributed by atoms with Crippen LogP contribution < -0.4 is 5.32 Å². The third kappa shape index (κ3) is 5.92. The minimum absolute atomic E-state index is 0.0789. The van der Waals surface area contributed by atoms with Crippen molar-refractivity contribution in [3.05, 3.63) is 52.6 Å². The SMILES string of the molecule is O=C(CCc1nc(C2=CCN(Cc3cccc(Cl)c3)CC2)no1)NC1CCCCC1. The number of rotatable bonds is 7. The Balaban J connectivity index is 1.24. The summed E-state index contributed by atoms with van der Waals surface area (Å²) < 4.78 is 5.38. The van der Waals surface area contributed by atoms with E-state index in [-0.39, 0.29) is 5.91 Å². The fourth-order valence-corrected chi connectivity index (χ4v) is 4.42. The van der Waals surface area contributed by atoms with E-state index in [9.17, 15) is 4.79 Å². The first-order valence-corrected chi connectivity index (χ1v) is 11.3. The van der Waals surface area contributed by atoms with E-state index in [4.69, 9.17) is 16.1 Å². The lowest BCUT2D eigenvalue weighted by atomic mass is 9.95. The van der Waals surface area contributed by atoms with Crippen molar-refractivity contribution < 1.29 is 9.32 Å². The number of benzene rings is 1. The highest BCUT2D eigenvalue weighted by Gasteiger charge is 2.19. The lowest BCUT2D eigenvalue weighted by molar-refractivity contribution is -0.122. The van der Waals surface area contributed by atoms with Gasteiger partial charge in [0.1, 0.15) is 0 Å². The predicted octanol–water partition coefficient (Wildman–Crippen LogP) is 4.39. The summed E-state index contributed by atoms with van der Waals surface area (Å²) in [5, 5.41) is 8.04. The minimum Gasteiger partial charge on any atom is -0.353 e. The van der Waals surface area contributed by atoms with Gasteiger partial charge in [0.05, 0.1) is 0 Å². The highest BCUT2D eigenvalue weighted by molar-refractivity contribution is 6.30. The van der Waals surface area contributed by atoms with Gasteiger partial charge in [-0.05, 0) is 42.5 Å². The van der Waals surface area contributed by atoms with Crippen molar-refractivity contribution in [1.29, 1.82) is 0 Å². The van der Waals surface area contributed by atoms with E-state index >= 15 is 0 Å². The van der Waals surface area contributed by atoms with Crippen LogP contribution in [0.3, 0.4) is 0 Å². The average molecular weight is 429 g/mol. The summed E-state index contributed by atoms with van der Waals surface area (Å²) in [6.07, 6.45) is 9.82. The zero-order valence-corrected chi connectivity index (χ0v) is 18.0. The number of carbonyl (C=O) groups is 1. The first-order valence-electron chi connectivity index (χ1n) is 10.9. The molecule has 1 saturated carbocycles. The van der Waals surface area contributed by atoms with Gasteiger partial charge < -0.3 is 9.84 Å². The second-order valence-electron chi connectivity index (χ2n) is 8.26. The molecule has 0 radical (unpaired) electrons. The lowest BCUT2D eigenvalue weighted by Gasteiger charge is -2.25. The number of nitrogens with zero attached hydrogens (tertiary/aromatic N) is 3. The van der Waals surface area contributed by atoms with Crippen LogP contribution in [-0.4, -0.2) is 40.1 Å². The first-order chi connectivity index (χ1) is 14.7. The van der Waals surface area contributed by atoms with E-state index in [1.807, 2.05) is 18.2 Å². The van der Waals surface area contributed by atoms with Crippen LogP contribution in [0.4, 0.5) is 0 Å². The van der Waals surface area contributed by atoms with Crippen LogP contribution in [0, 0.1) is 0 Å². The molecule has 1 amide bonds. The third-order valence-corrected chi connectivity index (χ3v) is 6.12. The first kappa shape index (κ1) is 21.1. The zero-order valence-electron chi connectivity index (χ0n) is 17.3. The molecular weight excluding hydrogens is 400 g/mol. The van der Waals surface area contributed by atoms with Gasteiger partial charge in [0.15, 0.2) is 5.82 Å². The van der Waals surface area contributed by atoms with Crippen molar-refractivity contribution in [2.45, 2.75) is 64.0 Å². The maximum Gasteiger partial charge on any atom is 0.227 e. The summed E-state index contributed by atoms with van der Waals surface area (Å²) in [6.45, 7) is 2.65. The molecule has 1 aromatic heterocycles. The monoisotopic (exact) mass is 428 g/mol. The molecule has 2 aromatic rings. The van der Waals surface area contributed by atoms with Gasteiger partial charge in [-0.2, -0.15) is 4.98 Å². The second-order valence-corrected chi connectivity index (χ2v) is 8.70. The van der Waals surface area contributed by atoms with Gasteiger partial charge >= 0.3 is 0 Å². The standard InChI is InChI=1S/C23H29ClN4O2/c24-19-6-4-5-17(15-19)16-28-13-11-18(12-14-28)23-26-22(30-27-23)10-9-21(29)25-20-7-2-1-3-8-20/h4-6,11,15,20H,1-3,7-10,12-14,16H2,(H,25,29). The molecule has 1 aliphatic carbocycles. The molecule has 0 saturated heterocycles. The molecule has 2 aliphatic rings. The van der Waals surface area contributed by atoms with E-state index in [0.29, 0.717) is 30.6 Å². The van der Waals surface area contributed by atoms with Gasteiger partial charge in [-0.25, -0.2) is 0 Å². The Bertz CT molecular complexity index is 889. The number of amides is 1. The third-order valence-electron chi connectivity index (χ3n) is 5.88. The summed E-state index contributed by atoms with van der Waals surface area (Å²) in [5.41, 5.74) is 2.33. The van der Waals surface area contributed by atoms with Gasteiger partial charge in [0.25, 0.3) is 0 Å². The van der Waals surface area contributed by atoms with Crippen molar-refractivity contribution in [3.63, 3.8) is 0 Å². The highest BCUT2D eigenvalue weighted by atomic mass is 35.5. The quantitative estimate of drug-likeness (QED) is 0.707. The fourth-order valence-electron chi connectivity index (χ4n) is 4.21. The Hall–Kier alpha value is -2.18. The summed E-state index contributed by atoms with van der Waals surface area (Å²) in [7, 11) is 0. The van der Waals surface area contributed by atoms with Gasteiger partial charge in [-0.1, -0.05) is 54.2 Å². The maximum atomic E-state index is 12.2. The number of hydrogen-bond acceptors (Lipinski definition) is 5. The van der Waals surface area contributed by atoms with Crippen LogP contribution in [0.5, 0.6) is 0 Å². The molecule has 1 aromatic carbocycles. The summed E-state index contributed by atoms with van der Waals surface area (Å²) in [4.78, 5) is 19.1. The minimum atomic E-state index is 0.0789. The van der Waals surface area contributed by atoms with Crippen molar-refractivity contribution in [1.82, 2.24) is 20.4 Å². The summed E-state index contributed by atoms with van der Waals surface area (Å²) in [6, 6.07) is 8.33. The van der Waals surface area contributed by atoms with Crippen molar-refractivity contribution >= 4 is 23.1 Å². The normalized spacial score (nSPS) is 18.2. The highest BCUT2D eigenvalue weighted by Crippen LogP contribution is 2.22. The molecule has 4 rings (SSSR count). The Labute approximate surface area is 182 Å². The average Bonchev–Trinajstić information content (AvgIpc) is 3.23. The van der Waals surface area contributed by atoms with Gasteiger partial charge in [0, 0.05) is 43.5 Å². The van der Waals surface area contributed by atoms with Gasteiger partial charge in [-0.15, -0.1) is 0 Å². The molecule has 2 heterocycles. The summed E-state index contributed by atoms with van der Waals surface area (Å²) in [5.74, 6) is 1.27. The number of carbonyl (C=O) groups excluding carboxylic acids is 1. The Morgan fingerprint density at radius 1 is 1.27 bits per heavy atom. The molecule has 0 atom stereocenters. The molecule has 6 nitrogen and oxygen atoms in total. The Morgan fingerprint density at radius 3 is 2.90 bits per heavy atom. The van der Waals surface area contributed by atoms with Crippen LogP contribution in [0.25, 0.3) is 5.57 Å².